The van der Waals surface area contributed by atoms with Gasteiger partial charge in [-0.3, -0.25) is 4.79 Å². The summed E-state index contributed by atoms with van der Waals surface area (Å²) in [4.78, 5) is 12.1. The van der Waals surface area contributed by atoms with E-state index < -0.39 is 0 Å². The van der Waals surface area contributed by atoms with Crippen LogP contribution in [0.1, 0.15) is 31.4 Å². The van der Waals surface area contributed by atoms with E-state index in [9.17, 15) is 4.79 Å². The van der Waals surface area contributed by atoms with Gasteiger partial charge in [0.1, 0.15) is 0 Å². The molecule has 1 aromatic carbocycles. The van der Waals surface area contributed by atoms with Crippen LogP contribution in [0.15, 0.2) is 24.3 Å². The molecule has 1 unspecified atom stereocenters. The quantitative estimate of drug-likeness (QED) is 0.864. The maximum Gasteiger partial charge on any atom is 0.221 e. The van der Waals surface area contributed by atoms with Gasteiger partial charge in [-0.05, 0) is 12.5 Å². The molecule has 0 saturated carbocycles. The lowest BCUT2D eigenvalue weighted by atomic mass is 9.84. The number of rotatable bonds is 5. The molecule has 1 fully saturated rings. The molecule has 1 aliphatic rings. The Labute approximate surface area is 144 Å². The molecule has 1 atom stereocenters. The monoisotopic (exact) mass is 342 g/mol. The topological polar surface area (TPSA) is 41.1 Å². The lowest BCUT2D eigenvalue weighted by molar-refractivity contribution is -0.121. The van der Waals surface area contributed by atoms with Crippen molar-refractivity contribution in [2.24, 2.45) is 0 Å². The highest BCUT2D eigenvalue weighted by molar-refractivity contribution is 7.99. The van der Waals surface area contributed by atoms with Crippen molar-refractivity contribution in [3.8, 4) is 0 Å². The van der Waals surface area contributed by atoms with E-state index in [1.807, 2.05) is 11.8 Å². The Morgan fingerprint density at radius 1 is 1.36 bits per heavy atom. The second kappa shape index (κ2) is 8.80. The zero-order valence-electron chi connectivity index (χ0n) is 13.6. The van der Waals surface area contributed by atoms with Gasteiger partial charge in [-0.1, -0.05) is 43.7 Å². The zero-order chi connectivity index (χ0) is 15.3. The average molecular weight is 343 g/mol. The number of nitrogens with one attached hydrogen (secondary N) is 2. The van der Waals surface area contributed by atoms with Gasteiger partial charge in [0.25, 0.3) is 0 Å². The molecule has 2 N–H and O–H groups in total. The second-order valence-corrected chi connectivity index (χ2v) is 7.61. The molecule has 1 saturated heterocycles. The highest BCUT2D eigenvalue weighted by Gasteiger charge is 2.22. The van der Waals surface area contributed by atoms with Crippen LogP contribution in [0.25, 0.3) is 0 Å². The average Bonchev–Trinajstić information content (AvgIpc) is 2.47. The van der Waals surface area contributed by atoms with E-state index in [4.69, 9.17) is 0 Å². The summed E-state index contributed by atoms with van der Waals surface area (Å²) >= 11 is 1.92. The van der Waals surface area contributed by atoms with Crippen molar-refractivity contribution in [1.29, 1.82) is 0 Å². The molecule has 3 nitrogen and oxygen atoms in total. The first-order chi connectivity index (χ1) is 9.97. The smallest absolute Gasteiger partial charge is 0.221 e. The molecule has 2 rings (SSSR count). The Morgan fingerprint density at radius 2 is 2.05 bits per heavy atom. The number of carbonyl (C=O) groups is 1. The van der Waals surface area contributed by atoms with Crippen molar-refractivity contribution in [3.63, 3.8) is 0 Å². The van der Waals surface area contributed by atoms with Crippen molar-refractivity contribution in [3.05, 3.63) is 35.4 Å². The van der Waals surface area contributed by atoms with Crippen molar-refractivity contribution in [2.75, 3.05) is 24.6 Å². The third-order valence-electron chi connectivity index (χ3n) is 3.99. The fraction of sp³-hybridized carbons (Fsp3) is 0.588. The van der Waals surface area contributed by atoms with Crippen LogP contribution < -0.4 is 10.6 Å². The van der Waals surface area contributed by atoms with Gasteiger partial charge in [-0.15, -0.1) is 12.4 Å². The predicted molar refractivity (Wildman–Crippen MR) is 98.2 cm³/mol. The SMILES string of the molecule is Cc1ccc(C(C)(C)CNC(=O)CC2CSCCN2)cc1.Cl. The van der Waals surface area contributed by atoms with Gasteiger partial charge < -0.3 is 10.6 Å². The maximum absolute atomic E-state index is 12.1. The number of thioether (sulfide) groups is 1. The number of hydrogen-bond donors (Lipinski definition) is 2. The Balaban J connectivity index is 0.00000242. The molecule has 1 heterocycles. The number of benzene rings is 1. The third-order valence-corrected chi connectivity index (χ3v) is 5.12. The lowest BCUT2D eigenvalue weighted by Crippen LogP contribution is -2.43. The normalized spacial score (nSPS) is 18.4. The number of amides is 1. The van der Waals surface area contributed by atoms with E-state index in [-0.39, 0.29) is 23.7 Å². The second-order valence-electron chi connectivity index (χ2n) is 6.46. The number of carbonyl (C=O) groups excluding carboxylic acids is 1. The van der Waals surface area contributed by atoms with Gasteiger partial charge in [0.2, 0.25) is 5.91 Å². The van der Waals surface area contributed by atoms with Crippen molar-refractivity contribution < 1.29 is 4.79 Å². The number of hydrogen-bond acceptors (Lipinski definition) is 3. The maximum atomic E-state index is 12.1. The Hall–Kier alpha value is -0.710. The predicted octanol–water partition coefficient (Wildman–Crippen LogP) is 2.91. The number of aryl methyl sites for hydroxylation is 1. The molecule has 5 heteroatoms. The molecule has 1 amide bonds. The van der Waals surface area contributed by atoms with Crippen LogP contribution in [-0.2, 0) is 10.2 Å². The van der Waals surface area contributed by atoms with E-state index in [0.717, 1.165) is 18.1 Å². The Kier molecular flexibility index (Phi) is 7.74. The molecule has 0 bridgehead atoms. The first-order valence-electron chi connectivity index (χ1n) is 7.62. The first kappa shape index (κ1) is 19.3. The summed E-state index contributed by atoms with van der Waals surface area (Å²) in [6, 6.07) is 8.89. The Morgan fingerprint density at radius 3 is 2.64 bits per heavy atom. The van der Waals surface area contributed by atoms with Gasteiger partial charge in [0.15, 0.2) is 0 Å². The highest BCUT2D eigenvalue weighted by atomic mass is 35.5. The van der Waals surface area contributed by atoms with Gasteiger partial charge in [0, 0.05) is 42.5 Å². The summed E-state index contributed by atoms with van der Waals surface area (Å²) in [6.07, 6.45) is 0.580. The fourth-order valence-corrected chi connectivity index (χ4v) is 3.42. The summed E-state index contributed by atoms with van der Waals surface area (Å²) in [5.74, 6) is 2.34. The standard InChI is InChI=1S/C17H26N2OS.ClH/c1-13-4-6-14(7-5-13)17(2,3)12-19-16(20)10-15-11-21-9-8-18-15;/h4-7,15,18H,8-12H2,1-3H3,(H,19,20);1H. The van der Waals surface area contributed by atoms with E-state index in [1.54, 1.807) is 0 Å². The number of halogens is 1. The molecule has 1 aromatic rings. The zero-order valence-corrected chi connectivity index (χ0v) is 15.3. The molecule has 1 aliphatic heterocycles. The van der Waals surface area contributed by atoms with E-state index in [0.29, 0.717) is 19.0 Å². The minimum Gasteiger partial charge on any atom is -0.355 e. The first-order valence-corrected chi connectivity index (χ1v) is 8.78. The van der Waals surface area contributed by atoms with Crippen LogP contribution in [0.4, 0.5) is 0 Å². The van der Waals surface area contributed by atoms with Crippen molar-refractivity contribution in [1.82, 2.24) is 10.6 Å². The summed E-state index contributed by atoms with van der Waals surface area (Å²) in [6.45, 7) is 8.12. The van der Waals surface area contributed by atoms with E-state index in [2.05, 4.69) is 55.7 Å². The summed E-state index contributed by atoms with van der Waals surface area (Å²) in [7, 11) is 0. The van der Waals surface area contributed by atoms with Gasteiger partial charge in [0.05, 0.1) is 0 Å². The molecule has 0 radical (unpaired) electrons. The minimum atomic E-state index is -0.0435. The summed E-state index contributed by atoms with van der Waals surface area (Å²) < 4.78 is 0. The molecule has 124 valence electrons. The van der Waals surface area contributed by atoms with E-state index in [1.165, 1.54) is 11.1 Å². The van der Waals surface area contributed by atoms with Crippen LogP contribution in [-0.4, -0.2) is 36.5 Å². The molecule has 0 spiro atoms. The van der Waals surface area contributed by atoms with Crippen LogP contribution in [0.2, 0.25) is 0 Å². The van der Waals surface area contributed by atoms with Gasteiger partial charge in [-0.2, -0.15) is 11.8 Å². The third kappa shape index (κ3) is 5.82. The van der Waals surface area contributed by atoms with E-state index >= 15 is 0 Å². The summed E-state index contributed by atoms with van der Waals surface area (Å²) in [5.41, 5.74) is 2.48. The van der Waals surface area contributed by atoms with Gasteiger partial charge >= 0.3 is 0 Å². The largest absolute Gasteiger partial charge is 0.355 e. The van der Waals surface area contributed by atoms with Crippen molar-refractivity contribution in [2.45, 2.75) is 38.6 Å². The Bertz CT molecular complexity index is 470. The fourth-order valence-electron chi connectivity index (χ4n) is 2.47. The highest BCUT2D eigenvalue weighted by Crippen LogP contribution is 2.22. The van der Waals surface area contributed by atoms with Crippen LogP contribution in [0.3, 0.4) is 0 Å². The van der Waals surface area contributed by atoms with Crippen LogP contribution >= 0.6 is 24.2 Å². The molecule has 22 heavy (non-hydrogen) atoms. The lowest BCUT2D eigenvalue weighted by Gasteiger charge is -2.27. The molecule has 0 aliphatic carbocycles. The van der Waals surface area contributed by atoms with Gasteiger partial charge in [-0.25, -0.2) is 0 Å². The molecular formula is C17H27ClN2OS. The summed E-state index contributed by atoms with van der Waals surface area (Å²) in [5, 5.41) is 6.50. The molecule has 0 aromatic heterocycles. The molecular weight excluding hydrogens is 316 g/mol. The van der Waals surface area contributed by atoms with Crippen LogP contribution in [0.5, 0.6) is 0 Å². The van der Waals surface area contributed by atoms with Crippen molar-refractivity contribution >= 4 is 30.1 Å². The minimum absolute atomic E-state index is 0. The van der Waals surface area contributed by atoms with Crippen LogP contribution in [0, 0.1) is 6.92 Å².